The van der Waals surface area contributed by atoms with Crippen molar-refractivity contribution >= 4 is 24.2 Å². The van der Waals surface area contributed by atoms with E-state index in [1.807, 2.05) is 0 Å². The summed E-state index contributed by atoms with van der Waals surface area (Å²) in [6.07, 6.45) is 0. The van der Waals surface area contributed by atoms with Crippen LogP contribution in [0.25, 0.3) is 0 Å². The minimum atomic E-state index is -0.971. The predicted octanol–water partition coefficient (Wildman–Crippen LogP) is 1.86. The van der Waals surface area contributed by atoms with Gasteiger partial charge in [0.2, 0.25) is 5.91 Å². The largest absolute Gasteiger partial charge is 0.315 e. The summed E-state index contributed by atoms with van der Waals surface area (Å²) in [5, 5.41) is 0. The van der Waals surface area contributed by atoms with Crippen LogP contribution in [0.4, 0.5) is 14.5 Å². The Hall–Kier alpha value is -1.10. The monoisotopic (exact) mass is 217 g/mol. The molecule has 1 rings (SSSR count). The van der Waals surface area contributed by atoms with E-state index < -0.39 is 11.6 Å². The van der Waals surface area contributed by atoms with E-state index >= 15 is 0 Å². The molecule has 0 fully saturated rings. The topological polar surface area (TPSA) is 20.3 Å². The highest BCUT2D eigenvalue weighted by Gasteiger charge is 2.11. The molecule has 0 aliphatic carbocycles. The number of halogens is 2. The number of nitrogens with zero attached hydrogens (tertiary/aromatic N) is 1. The standard InChI is InChI=1S/C9H9F2NOS/c1-12(9(13)5-14)6-2-3-7(10)8(11)4-6/h2-4,14H,5H2,1H3. The Kier molecular flexibility index (Phi) is 3.46. The van der Waals surface area contributed by atoms with Gasteiger partial charge in [0.05, 0.1) is 5.75 Å². The average molecular weight is 217 g/mol. The van der Waals surface area contributed by atoms with Gasteiger partial charge < -0.3 is 4.90 Å². The molecule has 2 nitrogen and oxygen atoms in total. The van der Waals surface area contributed by atoms with Crippen LogP contribution < -0.4 is 4.90 Å². The predicted molar refractivity (Wildman–Crippen MR) is 53.6 cm³/mol. The number of benzene rings is 1. The molecule has 0 heterocycles. The highest BCUT2D eigenvalue weighted by Crippen LogP contribution is 2.16. The lowest BCUT2D eigenvalue weighted by Crippen LogP contribution is -2.27. The normalized spacial score (nSPS) is 10.0. The van der Waals surface area contributed by atoms with Crippen LogP contribution in [0.1, 0.15) is 0 Å². The van der Waals surface area contributed by atoms with Crippen molar-refractivity contribution in [3.63, 3.8) is 0 Å². The van der Waals surface area contributed by atoms with Gasteiger partial charge in [0.1, 0.15) is 0 Å². The van der Waals surface area contributed by atoms with Crippen molar-refractivity contribution in [1.82, 2.24) is 0 Å². The number of anilines is 1. The van der Waals surface area contributed by atoms with Crippen molar-refractivity contribution in [2.45, 2.75) is 0 Å². The van der Waals surface area contributed by atoms with Crippen molar-refractivity contribution in [3.05, 3.63) is 29.8 Å². The smallest absolute Gasteiger partial charge is 0.236 e. The molecule has 0 bridgehead atoms. The second-order valence-corrected chi connectivity index (χ2v) is 3.03. The van der Waals surface area contributed by atoms with E-state index in [1.165, 1.54) is 18.0 Å². The first-order valence-corrected chi connectivity index (χ1v) is 4.52. The zero-order chi connectivity index (χ0) is 10.7. The number of carbonyl (C=O) groups is 1. The van der Waals surface area contributed by atoms with Gasteiger partial charge in [-0.25, -0.2) is 8.78 Å². The summed E-state index contributed by atoms with van der Waals surface area (Å²) in [6.45, 7) is 0. The lowest BCUT2D eigenvalue weighted by atomic mass is 10.3. The van der Waals surface area contributed by atoms with Crippen LogP contribution >= 0.6 is 12.6 Å². The molecule has 0 spiro atoms. The summed E-state index contributed by atoms with van der Waals surface area (Å²) in [5.74, 6) is -2.16. The fourth-order valence-electron chi connectivity index (χ4n) is 0.944. The van der Waals surface area contributed by atoms with Crippen molar-refractivity contribution in [2.24, 2.45) is 0 Å². The third-order valence-electron chi connectivity index (χ3n) is 1.80. The van der Waals surface area contributed by atoms with Gasteiger partial charge in [-0.15, -0.1) is 0 Å². The number of carbonyl (C=O) groups excluding carboxylic acids is 1. The maximum Gasteiger partial charge on any atom is 0.236 e. The zero-order valence-corrected chi connectivity index (χ0v) is 8.39. The zero-order valence-electron chi connectivity index (χ0n) is 7.50. The molecule has 0 saturated heterocycles. The number of hydrogen-bond acceptors (Lipinski definition) is 2. The third-order valence-corrected chi connectivity index (χ3v) is 2.07. The fourth-order valence-corrected chi connectivity index (χ4v) is 1.16. The van der Waals surface area contributed by atoms with E-state index in [9.17, 15) is 13.6 Å². The molecule has 0 saturated carbocycles. The maximum atomic E-state index is 12.8. The molecule has 1 aromatic rings. The van der Waals surface area contributed by atoms with Crippen molar-refractivity contribution in [2.75, 3.05) is 17.7 Å². The van der Waals surface area contributed by atoms with Gasteiger partial charge in [-0.2, -0.15) is 12.6 Å². The Morgan fingerprint density at radius 2 is 2.07 bits per heavy atom. The van der Waals surface area contributed by atoms with Crippen LogP contribution in [0.15, 0.2) is 18.2 Å². The van der Waals surface area contributed by atoms with Crippen LogP contribution in [0.5, 0.6) is 0 Å². The van der Waals surface area contributed by atoms with E-state index in [-0.39, 0.29) is 11.7 Å². The van der Waals surface area contributed by atoms with Gasteiger partial charge in [-0.3, -0.25) is 4.79 Å². The summed E-state index contributed by atoms with van der Waals surface area (Å²) in [4.78, 5) is 12.4. The van der Waals surface area contributed by atoms with Crippen LogP contribution in [0.2, 0.25) is 0 Å². The number of thiol groups is 1. The Morgan fingerprint density at radius 3 is 2.57 bits per heavy atom. The van der Waals surface area contributed by atoms with Crippen LogP contribution in [-0.4, -0.2) is 18.7 Å². The molecule has 0 aliphatic rings. The molecule has 1 aromatic carbocycles. The van der Waals surface area contributed by atoms with Crippen molar-refractivity contribution < 1.29 is 13.6 Å². The quantitative estimate of drug-likeness (QED) is 0.750. The fraction of sp³-hybridized carbons (Fsp3) is 0.222. The second kappa shape index (κ2) is 4.41. The van der Waals surface area contributed by atoms with Gasteiger partial charge in [-0.05, 0) is 12.1 Å². The molecule has 0 radical (unpaired) electrons. The van der Waals surface area contributed by atoms with Crippen LogP contribution in [0, 0.1) is 11.6 Å². The molecule has 0 atom stereocenters. The summed E-state index contributed by atoms with van der Waals surface area (Å²) >= 11 is 3.79. The van der Waals surface area contributed by atoms with E-state index in [0.717, 1.165) is 12.1 Å². The summed E-state index contributed by atoms with van der Waals surface area (Å²) < 4.78 is 25.3. The molecule has 1 amide bonds. The lowest BCUT2D eigenvalue weighted by Gasteiger charge is -2.15. The van der Waals surface area contributed by atoms with Gasteiger partial charge in [0, 0.05) is 18.8 Å². The van der Waals surface area contributed by atoms with Gasteiger partial charge >= 0.3 is 0 Å². The molecule has 0 unspecified atom stereocenters. The van der Waals surface area contributed by atoms with E-state index in [0.29, 0.717) is 5.69 Å². The maximum absolute atomic E-state index is 12.8. The minimum absolute atomic E-state index is 0.0233. The minimum Gasteiger partial charge on any atom is -0.315 e. The first-order valence-electron chi connectivity index (χ1n) is 3.88. The van der Waals surface area contributed by atoms with Crippen molar-refractivity contribution in [1.29, 1.82) is 0 Å². The van der Waals surface area contributed by atoms with E-state index in [2.05, 4.69) is 12.6 Å². The van der Waals surface area contributed by atoms with Gasteiger partial charge in [0.15, 0.2) is 11.6 Å². The molecule has 0 aromatic heterocycles. The first-order chi connectivity index (χ1) is 6.56. The van der Waals surface area contributed by atoms with Crippen LogP contribution in [0.3, 0.4) is 0 Å². The Labute approximate surface area is 85.9 Å². The van der Waals surface area contributed by atoms with Gasteiger partial charge in [-0.1, -0.05) is 0 Å². The Morgan fingerprint density at radius 1 is 1.43 bits per heavy atom. The molecule has 76 valence electrons. The highest BCUT2D eigenvalue weighted by molar-refractivity contribution is 7.81. The summed E-state index contributed by atoms with van der Waals surface area (Å²) in [6, 6.07) is 3.28. The number of amides is 1. The Bertz CT molecular complexity index is 357. The number of hydrogen-bond donors (Lipinski definition) is 1. The molecule has 0 aliphatic heterocycles. The second-order valence-electron chi connectivity index (χ2n) is 2.71. The van der Waals surface area contributed by atoms with Gasteiger partial charge in [0.25, 0.3) is 0 Å². The first kappa shape index (κ1) is 11.0. The SMILES string of the molecule is CN(C(=O)CS)c1ccc(F)c(F)c1. The van der Waals surface area contributed by atoms with E-state index in [1.54, 1.807) is 0 Å². The lowest BCUT2D eigenvalue weighted by molar-refractivity contribution is -0.115. The Balaban J connectivity index is 2.96. The van der Waals surface area contributed by atoms with Crippen molar-refractivity contribution in [3.8, 4) is 0 Å². The summed E-state index contributed by atoms with van der Waals surface area (Å²) in [5.41, 5.74) is 0.308. The molecular formula is C9H9F2NOS. The molecular weight excluding hydrogens is 208 g/mol. The average Bonchev–Trinajstić information content (AvgIpc) is 2.20. The summed E-state index contributed by atoms with van der Waals surface area (Å²) in [7, 11) is 1.48. The highest BCUT2D eigenvalue weighted by atomic mass is 32.1. The third kappa shape index (κ3) is 2.23. The molecule has 0 N–H and O–H groups in total. The van der Waals surface area contributed by atoms with Crippen LogP contribution in [-0.2, 0) is 4.79 Å². The number of rotatable bonds is 2. The van der Waals surface area contributed by atoms with E-state index in [4.69, 9.17) is 0 Å². The molecule has 5 heteroatoms. The molecule has 14 heavy (non-hydrogen) atoms.